The van der Waals surface area contributed by atoms with Crippen LogP contribution in [0.5, 0.6) is 0 Å². The van der Waals surface area contributed by atoms with Crippen LogP contribution in [0.2, 0.25) is 0 Å². The molecule has 1 aromatic heterocycles. The molecule has 3 heteroatoms. The van der Waals surface area contributed by atoms with E-state index in [1.807, 2.05) is 0 Å². The Balaban J connectivity index is 2.17. The van der Waals surface area contributed by atoms with Crippen molar-refractivity contribution in [3.63, 3.8) is 0 Å². The molecule has 0 aliphatic carbocycles. The van der Waals surface area contributed by atoms with Crippen LogP contribution in [0.25, 0.3) is 11.0 Å². The lowest BCUT2D eigenvalue weighted by Crippen LogP contribution is -2.16. The van der Waals surface area contributed by atoms with Crippen LogP contribution in [0.1, 0.15) is 50.0 Å². The van der Waals surface area contributed by atoms with Gasteiger partial charge in [0.05, 0.1) is 17.1 Å². The van der Waals surface area contributed by atoms with Gasteiger partial charge in [-0.2, -0.15) is 0 Å². The molecule has 2 heterocycles. The van der Waals surface area contributed by atoms with E-state index >= 15 is 0 Å². The van der Waals surface area contributed by atoms with Gasteiger partial charge in [-0.25, -0.2) is 4.98 Å². The van der Waals surface area contributed by atoms with Crippen LogP contribution in [0.3, 0.4) is 0 Å². The number of aromatic nitrogens is 2. The number of nitrogens with one attached hydrogen (secondary N) is 1. The van der Waals surface area contributed by atoms with Gasteiger partial charge in [-0.3, -0.25) is 0 Å². The van der Waals surface area contributed by atoms with Crippen molar-refractivity contribution in [2.75, 3.05) is 6.54 Å². The van der Waals surface area contributed by atoms with E-state index in [9.17, 15) is 0 Å². The van der Waals surface area contributed by atoms with E-state index in [4.69, 9.17) is 4.98 Å². The van der Waals surface area contributed by atoms with E-state index in [-0.39, 0.29) is 0 Å². The first-order chi connectivity index (χ1) is 8.68. The number of aryl methyl sites for hydroxylation is 1. The molecule has 0 amide bonds. The van der Waals surface area contributed by atoms with Crippen LogP contribution in [0.15, 0.2) is 18.2 Å². The van der Waals surface area contributed by atoms with E-state index in [2.05, 4.69) is 49.0 Å². The minimum Gasteiger partial charge on any atom is -0.330 e. The van der Waals surface area contributed by atoms with Crippen molar-refractivity contribution in [1.82, 2.24) is 14.9 Å². The molecular weight excluding hydrogens is 222 g/mol. The summed E-state index contributed by atoms with van der Waals surface area (Å²) in [6.45, 7) is 5.58. The molecule has 1 unspecified atom stereocenters. The number of benzene rings is 1. The molecule has 18 heavy (non-hydrogen) atoms. The van der Waals surface area contributed by atoms with Gasteiger partial charge in [0.15, 0.2) is 0 Å². The quantitative estimate of drug-likeness (QED) is 0.878. The Kier molecular flexibility index (Phi) is 2.86. The number of rotatable bonds is 2. The molecular formula is C15H21N3. The van der Waals surface area contributed by atoms with Gasteiger partial charge in [0.25, 0.3) is 0 Å². The first kappa shape index (κ1) is 11.7. The summed E-state index contributed by atoms with van der Waals surface area (Å²) >= 11 is 0. The Morgan fingerprint density at radius 1 is 1.39 bits per heavy atom. The fraction of sp³-hybridized carbons (Fsp3) is 0.533. The highest BCUT2D eigenvalue weighted by Gasteiger charge is 2.22. The summed E-state index contributed by atoms with van der Waals surface area (Å²) in [6, 6.07) is 6.95. The molecule has 1 aromatic carbocycles. The average molecular weight is 243 g/mol. The van der Waals surface area contributed by atoms with Crippen molar-refractivity contribution in [1.29, 1.82) is 0 Å². The van der Waals surface area contributed by atoms with Gasteiger partial charge in [-0.05, 0) is 36.9 Å². The minimum absolute atomic E-state index is 0.433. The second-order valence-electron chi connectivity index (χ2n) is 5.55. The van der Waals surface area contributed by atoms with Crippen molar-refractivity contribution in [3.8, 4) is 0 Å². The highest BCUT2D eigenvalue weighted by Crippen LogP contribution is 2.29. The first-order valence-corrected chi connectivity index (χ1v) is 6.87. The molecule has 0 spiro atoms. The molecule has 3 rings (SSSR count). The van der Waals surface area contributed by atoms with E-state index in [0.717, 1.165) is 6.54 Å². The summed E-state index contributed by atoms with van der Waals surface area (Å²) in [6.07, 6.45) is 2.46. The molecule has 0 saturated carbocycles. The predicted octanol–water partition coefficient (Wildman–Crippen LogP) is 3.12. The minimum atomic E-state index is 0.433. The Hall–Kier alpha value is -1.35. The number of fused-ring (bicyclic) bond motifs is 1. The van der Waals surface area contributed by atoms with Crippen molar-refractivity contribution < 1.29 is 0 Å². The van der Waals surface area contributed by atoms with Gasteiger partial charge >= 0.3 is 0 Å². The lowest BCUT2D eigenvalue weighted by atomic mass is 10.0. The number of imidazole rings is 1. The van der Waals surface area contributed by atoms with Gasteiger partial charge in [0.2, 0.25) is 0 Å². The average Bonchev–Trinajstić information content (AvgIpc) is 2.97. The summed E-state index contributed by atoms with van der Waals surface area (Å²) in [4.78, 5) is 4.92. The van der Waals surface area contributed by atoms with Gasteiger partial charge in [0.1, 0.15) is 5.82 Å². The Morgan fingerprint density at radius 3 is 2.89 bits per heavy atom. The third-order valence-electron chi connectivity index (χ3n) is 3.97. The molecule has 1 aliphatic rings. The molecule has 3 nitrogen and oxygen atoms in total. The summed E-state index contributed by atoms with van der Waals surface area (Å²) in [5.74, 6) is 1.71. The van der Waals surface area contributed by atoms with Gasteiger partial charge in [-0.15, -0.1) is 0 Å². The number of nitrogens with zero attached hydrogens (tertiary/aromatic N) is 2. The Morgan fingerprint density at radius 2 is 2.22 bits per heavy atom. The number of para-hydroxylation sites is 1. The van der Waals surface area contributed by atoms with Gasteiger partial charge in [0, 0.05) is 7.05 Å². The molecule has 2 aromatic rings. The highest BCUT2D eigenvalue weighted by atomic mass is 15.1. The van der Waals surface area contributed by atoms with Crippen molar-refractivity contribution in [2.24, 2.45) is 7.05 Å². The molecule has 1 fully saturated rings. The van der Waals surface area contributed by atoms with E-state index in [1.165, 1.54) is 35.3 Å². The van der Waals surface area contributed by atoms with E-state index in [0.29, 0.717) is 12.0 Å². The van der Waals surface area contributed by atoms with Crippen LogP contribution >= 0.6 is 0 Å². The van der Waals surface area contributed by atoms with Gasteiger partial charge in [-0.1, -0.05) is 26.0 Å². The maximum Gasteiger partial charge on any atom is 0.126 e. The molecule has 0 radical (unpaired) electrons. The highest BCUT2D eigenvalue weighted by molar-refractivity contribution is 5.80. The van der Waals surface area contributed by atoms with Crippen molar-refractivity contribution in [2.45, 2.75) is 38.6 Å². The SMILES string of the molecule is CC(C)c1cccc2c1nc(C1CCCN1)n2C. The lowest BCUT2D eigenvalue weighted by molar-refractivity contribution is 0.584. The molecule has 1 N–H and O–H groups in total. The zero-order chi connectivity index (χ0) is 12.7. The smallest absolute Gasteiger partial charge is 0.126 e. The predicted molar refractivity (Wildman–Crippen MR) is 74.8 cm³/mol. The second kappa shape index (κ2) is 4.39. The topological polar surface area (TPSA) is 29.9 Å². The number of hydrogen-bond donors (Lipinski definition) is 1. The maximum atomic E-state index is 4.92. The normalized spacial score (nSPS) is 20.1. The standard InChI is InChI=1S/C15H21N3/c1-10(2)11-6-4-8-13-14(11)17-15(18(13)3)12-7-5-9-16-12/h4,6,8,10,12,16H,5,7,9H2,1-3H3. The fourth-order valence-electron chi connectivity index (χ4n) is 2.94. The molecule has 1 atom stereocenters. The zero-order valence-electron chi connectivity index (χ0n) is 11.4. The summed E-state index contributed by atoms with van der Waals surface area (Å²) in [5, 5.41) is 3.54. The van der Waals surface area contributed by atoms with Crippen molar-refractivity contribution >= 4 is 11.0 Å². The maximum absolute atomic E-state index is 4.92. The fourth-order valence-corrected chi connectivity index (χ4v) is 2.94. The van der Waals surface area contributed by atoms with E-state index in [1.54, 1.807) is 0 Å². The Bertz CT molecular complexity index is 562. The summed E-state index contributed by atoms with van der Waals surface area (Å²) < 4.78 is 2.25. The van der Waals surface area contributed by atoms with Crippen molar-refractivity contribution in [3.05, 3.63) is 29.6 Å². The molecule has 1 saturated heterocycles. The second-order valence-corrected chi connectivity index (χ2v) is 5.55. The third kappa shape index (κ3) is 1.74. The van der Waals surface area contributed by atoms with Crippen LogP contribution in [-0.4, -0.2) is 16.1 Å². The number of hydrogen-bond acceptors (Lipinski definition) is 2. The third-order valence-corrected chi connectivity index (χ3v) is 3.97. The lowest BCUT2D eigenvalue weighted by Gasteiger charge is -2.09. The largest absolute Gasteiger partial charge is 0.330 e. The van der Waals surface area contributed by atoms with Crippen LogP contribution in [0, 0.1) is 0 Å². The molecule has 1 aliphatic heterocycles. The van der Waals surface area contributed by atoms with Crippen LogP contribution < -0.4 is 5.32 Å². The van der Waals surface area contributed by atoms with Gasteiger partial charge < -0.3 is 9.88 Å². The first-order valence-electron chi connectivity index (χ1n) is 6.87. The van der Waals surface area contributed by atoms with Crippen LogP contribution in [0.4, 0.5) is 0 Å². The molecule has 96 valence electrons. The summed E-state index contributed by atoms with van der Waals surface area (Å²) in [5.41, 5.74) is 3.79. The Labute approximate surface area is 108 Å². The summed E-state index contributed by atoms with van der Waals surface area (Å²) in [7, 11) is 2.13. The monoisotopic (exact) mass is 243 g/mol. The zero-order valence-corrected chi connectivity index (χ0v) is 11.4. The van der Waals surface area contributed by atoms with Crippen LogP contribution in [-0.2, 0) is 7.05 Å². The van der Waals surface area contributed by atoms with E-state index < -0.39 is 0 Å². The molecule has 0 bridgehead atoms.